The maximum Gasteiger partial charge on any atom is 0.288 e. The quantitative estimate of drug-likeness (QED) is 0.675. The van der Waals surface area contributed by atoms with E-state index in [-0.39, 0.29) is 17.6 Å². The Labute approximate surface area is 170 Å². The van der Waals surface area contributed by atoms with Crippen LogP contribution in [0.1, 0.15) is 32.3 Å². The lowest BCUT2D eigenvalue weighted by Crippen LogP contribution is -2.57. The number of aliphatic imine (C=N–C) groups is 1. The number of hydrazine groups is 1. The molecule has 2 amide bonds. The number of para-hydroxylation sites is 1. The van der Waals surface area contributed by atoms with Crippen LogP contribution >= 0.6 is 0 Å². The number of benzene rings is 2. The summed E-state index contributed by atoms with van der Waals surface area (Å²) in [5.41, 5.74) is 4.41. The molecule has 1 unspecified atom stereocenters. The minimum absolute atomic E-state index is 0.108. The molecule has 1 atom stereocenters. The van der Waals surface area contributed by atoms with Crippen molar-refractivity contribution in [3.8, 4) is 5.75 Å². The van der Waals surface area contributed by atoms with Crippen LogP contribution in [-0.4, -0.2) is 30.3 Å². The van der Waals surface area contributed by atoms with Gasteiger partial charge in [0.25, 0.3) is 11.8 Å². The molecular formula is C22H26N4O3. The van der Waals surface area contributed by atoms with Gasteiger partial charge in [-0.25, -0.2) is 10.0 Å². The predicted molar refractivity (Wildman–Crippen MR) is 113 cm³/mol. The Morgan fingerprint density at radius 1 is 1.21 bits per heavy atom. The average Bonchev–Trinajstić information content (AvgIpc) is 2.75. The summed E-state index contributed by atoms with van der Waals surface area (Å²) in [4.78, 5) is 29.2. The zero-order valence-electron chi connectivity index (χ0n) is 16.7. The van der Waals surface area contributed by atoms with Crippen LogP contribution in [0.3, 0.4) is 0 Å². The Hall–Kier alpha value is -3.35. The number of hydrogen-bond acceptors (Lipinski definition) is 5. The number of nitrogens with one attached hydrogen (secondary N) is 2. The molecule has 0 aromatic heterocycles. The van der Waals surface area contributed by atoms with Crippen molar-refractivity contribution in [3.63, 3.8) is 0 Å². The molecule has 0 aliphatic carbocycles. The van der Waals surface area contributed by atoms with Crippen LogP contribution in [0.5, 0.6) is 5.75 Å². The highest BCUT2D eigenvalue weighted by molar-refractivity contribution is 6.39. The van der Waals surface area contributed by atoms with Crippen molar-refractivity contribution in [2.24, 2.45) is 4.99 Å². The van der Waals surface area contributed by atoms with Crippen LogP contribution in [0.15, 0.2) is 59.6 Å². The van der Waals surface area contributed by atoms with E-state index in [9.17, 15) is 9.59 Å². The highest BCUT2D eigenvalue weighted by atomic mass is 16.5. The third kappa shape index (κ3) is 5.34. The summed E-state index contributed by atoms with van der Waals surface area (Å²) in [6, 6.07) is 16.1. The van der Waals surface area contributed by atoms with E-state index < -0.39 is 6.04 Å². The first-order chi connectivity index (χ1) is 14.1. The Morgan fingerprint density at radius 3 is 2.76 bits per heavy atom. The molecule has 3 rings (SSSR count). The monoisotopic (exact) mass is 394 g/mol. The molecule has 152 valence electrons. The van der Waals surface area contributed by atoms with Crippen molar-refractivity contribution in [3.05, 3.63) is 60.2 Å². The van der Waals surface area contributed by atoms with Gasteiger partial charge in [0.1, 0.15) is 11.8 Å². The summed E-state index contributed by atoms with van der Waals surface area (Å²) < 4.78 is 5.71. The van der Waals surface area contributed by atoms with Crippen LogP contribution in [0.25, 0.3) is 0 Å². The molecule has 2 N–H and O–H groups in total. The van der Waals surface area contributed by atoms with E-state index in [0.29, 0.717) is 18.8 Å². The number of carbonyl (C=O) groups is 2. The van der Waals surface area contributed by atoms with Gasteiger partial charge in [0, 0.05) is 6.54 Å². The number of unbranched alkanes of at least 4 members (excludes halogenated alkanes) is 1. The lowest BCUT2D eigenvalue weighted by molar-refractivity contribution is -0.120. The van der Waals surface area contributed by atoms with E-state index >= 15 is 0 Å². The molecule has 0 saturated heterocycles. The summed E-state index contributed by atoms with van der Waals surface area (Å²) >= 11 is 0. The van der Waals surface area contributed by atoms with E-state index in [1.807, 2.05) is 42.5 Å². The third-order valence-corrected chi connectivity index (χ3v) is 4.47. The standard InChI is InChI=1S/C22H26N4O3/c1-3-4-13-29-19-12-8-9-17(14-19)15-23-21(27)20-24-16(2)22(28)26(25-20)18-10-6-5-7-11-18/h5-12,14,16H,3-4,13,15H2,1-2H3,(H,23,27)(H,24,25). The minimum Gasteiger partial charge on any atom is -0.494 e. The molecule has 0 radical (unpaired) electrons. The van der Waals surface area contributed by atoms with Gasteiger partial charge in [-0.1, -0.05) is 43.7 Å². The van der Waals surface area contributed by atoms with Gasteiger partial charge in [0.2, 0.25) is 5.84 Å². The van der Waals surface area contributed by atoms with Gasteiger partial charge in [-0.05, 0) is 43.2 Å². The van der Waals surface area contributed by atoms with E-state index in [0.717, 1.165) is 24.2 Å². The zero-order valence-corrected chi connectivity index (χ0v) is 16.7. The van der Waals surface area contributed by atoms with E-state index in [1.165, 1.54) is 5.01 Å². The van der Waals surface area contributed by atoms with Crippen molar-refractivity contribution >= 4 is 23.3 Å². The first-order valence-corrected chi connectivity index (χ1v) is 9.82. The van der Waals surface area contributed by atoms with Crippen molar-refractivity contribution in [1.82, 2.24) is 10.7 Å². The van der Waals surface area contributed by atoms with E-state index in [2.05, 4.69) is 22.7 Å². The zero-order chi connectivity index (χ0) is 20.6. The largest absolute Gasteiger partial charge is 0.494 e. The van der Waals surface area contributed by atoms with Gasteiger partial charge < -0.3 is 10.1 Å². The fourth-order valence-electron chi connectivity index (χ4n) is 2.85. The number of ether oxygens (including phenoxy) is 1. The summed E-state index contributed by atoms with van der Waals surface area (Å²) in [5, 5.41) is 4.20. The minimum atomic E-state index is -0.646. The summed E-state index contributed by atoms with van der Waals surface area (Å²) in [6.07, 6.45) is 2.08. The number of amides is 2. The van der Waals surface area contributed by atoms with Gasteiger partial charge in [-0.15, -0.1) is 0 Å². The lowest BCUT2D eigenvalue weighted by Gasteiger charge is -2.30. The first kappa shape index (κ1) is 20.4. The number of rotatable bonds is 8. The maximum absolute atomic E-state index is 12.6. The van der Waals surface area contributed by atoms with E-state index in [1.54, 1.807) is 19.1 Å². The molecule has 0 saturated carbocycles. The van der Waals surface area contributed by atoms with Gasteiger partial charge in [-0.2, -0.15) is 0 Å². The molecule has 0 bridgehead atoms. The van der Waals surface area contributed by atoms with Crippen LogP contribution < -0.4 is 20.5 Å². The van der Waals surface area contributed by atoms with Crippen molar-refractivity contribution in [1.29, 1.82) is 0 Å². The molecule has 29 heavy (non-hydrogen) atoms. The Kier molecular flexibility index (Phi) is 6.84. The second kappa shape index (κ2) is 9.73. The summed E-state index contributed by atoms with van der Waals surface area (Å²) in [6.45, 7) is 4.79. The molecule has 0 fully saturated rings. The summed E-state index contributed by atoms with van der Waals surface area (Å²) in [7, 11) is 0. The Bertz CT molecular complexity index is 883. The molecule has 1 aliphatic rings. The normalized spacial score (nSPS) is 16.1. The molecule has 7 nitrogen and oxygen atoms in total. The molecule has 1 heterocycles. The number of nitrogens with zero attached hydrogens (tertiary/aromatic N) is 2. The SMILES string of the molecule is CCCCOc1cccc(CNC(=O)C2=NC(C)C(=O)N(c3ccccc3)N2)c1. The molecule has 2 aromatic rings. The number of hydrogen-bond donors (Lipinski definition) is 2. The molecule has 7 heteroatoms. The van der Waals surface area contributed by atoms with Gasteiger partial charge >= 0.3 is 0 Å². The van der Waals surface area contributed by atoms with Gasteiger partial charge in [-0.3, -0.25) is 15.0 Å². The van der Waals surface area contributed by atoms with Gasteiger partial charge in [0.05, 0.1) is 12.3 Å². The smallest absolute Gasteiger partial charge is 0.288 e. The van der Waals surface area contributed by atoms with Crippen LogP contribution in [0, 0.1) is 0 Å². The Balaban J connectivity index is 1.62. The molecule has 0 spiro atoms. The van der Waals surface area contributed by atoms with Crippen molar-refractivity contribution in [2.45, 2.75) is 39.3 Å². The average molecular weight is 394 g/mol. The highest BCUT2D eigenvalue weighted by Crippen LogP contribution is 2.16. The number of anilines is 1. The van der Waals surface area contributed by atoms with E-state index in [4.69, 9.17) is 4.74 Å². The fraction of sp³-hybridized carbons (Fsp3) is 0.318. The van der Waals surface area contributed by atoms with Gasteiger partial charge in [0.15, 0.2) is 0 Å². The number of carbonyl (C=O) groups excluding carboxylic acids is 2. The van der Waals surface area contributed by atoms with Crippen LogP contribution in [0.2, 0.25) is 0 Å². The van der Waals surface area contributed by atoms with Crippen LogP contribution in [0.4, 0.5) is 5.69 Å². The van der Waals surface area contributed by atoms with Crippen LogP contribution in [-0.2, 0) is 16.1 Å². The molecule has 2 aromatic carbocycles. The second-order valence-electron chi connectivity index (χ2n) is 6.81. The predicted octanol–water partition coefficient (Wildman–Crippen LogP) is 2.82. The maximum atomic E-state index is 12.6. The third-order valence-electron chi connectivity index (χ3n) is 4.47. The van der Waals surface area contributed by atoms with Crippen molar-refractivity contribution < 1.29 is 14.3 Å². The van der Waals surface area contributed by atoms with Crippen molar-refractivity contribution in [2.75, 3.05) is 11.6 Å². The molecular weight excluding hydrogens is 368 g/mol. The topological polar surface area (TPSA) is 83.0 Å². The highest BCUT2D eigenvalue weighted by Gasteiger charge is 2.30. The summed E-state index contributed by atoms with van der Waals surface area (Å²) in [5.74, 6) is 0.302. The Morgan fingerprint density at radius 2 is 2.00 bits per heavy atom. The lowest BCUT2D eigenvalue weighted by atomic mass is 10.2. The fourth-order valence-corrected chi connectivity index (χ4v) is 2.85. The number of amidine groups is 1. The first-order valence-electron chi connectivity index (χ1n) is 9.82. The molecule has 1 aliphatic heterocycles. The second-order valence-corrected chi connectivity index (χ2v) is 6.81.